The third kappa shape index (κ3) is 4.13. The Morgan fingerprint density at radius 3 is 2.44 bits per heavy atom. The SMILES string of the molecule is C#CC[C@H](O)C(O)[C@@H](N)CC1CCCCC1. The van der Waals surface area contributed by atoms with E-state index in [9.17, 15) is 10.2 Å². The van der Waals surface area contributed by atoms with Crippen molar-refractivity contribution >= 4 is 0 Å². The molecule has 1 rings (SSSR count). The van der Waals surface area contributed by atoms with E-state index in [0.29, 0.717) is 5.92 Å². The van der Waals surface area contributed by atoms with Crippen LogP contribution in [0.15, 0.2) is 0 Å². The molecular weight excluding hydrogens is 202 g/mol. The molecule has 3 heteroatoms. The molecule has 0 heterocycles. The normalized spacial score (nSPS) is 23.4. The van der Waals surface area contributed by atoms with E-state index in [4.69, 9.17) is 12.2 Å². The number of hydrogen-bond donors (Lipinski definition) is 3. The zero-order valence-corrected chi connectivity index (χ0v) is 9.81. The molecule has 0 radical (unpaired) electrons. The first-order valence-electron chi connectivity index (χ1n) is 6.20. The van der Waals surface area contributed by atoms with E-state index in [-0.39, 0.29) is 12.5 Å². The molecule has 1 aliphatic rings. The van der Waals surface area contributed by atoms with E-state index in [1.165, 1.54) is 32.1 Å². The minimum atomic E-state index is -0.891. The summed E-state index contributed by atoms with van der Waals surface area (Å²) in [4.78, 5) is 0. The number of nitrogens with two attached hydrogens (primary N) is 1. The molecule has 0 aromatic heterocycles. The van der Waals surface area contributed by atoms with Gasteiger partial charge >= 0.3 is 0 Å². The van der Waals surface area contributed by atoms with E-state index in [1.807, 2.05) is 0 Å². The van der Waals surface area contributed by atoms with E-state index in [0.717, 1.165) is 6.42 Å². The molecule has 0 amide bonds. The van der Waals surface area contributed by atoms with Gasteiger partial charge in [-0.25, -0.2) is 0 Å². The van der Waals surface area contributed by atoms with Crippen LogP contribution in [0.4, 0.5) is 0 Å². The van der Waals surface area contributed by atoms with Crippen molar-refractivity contribution in [3.63, 3.8) is 0 Å². The van der Waals surface area contributed by atoms with E-state index in [2.05, 4.69) is 5.92 Å². The van der Waals surface area contributed by atoms with Crippen molar-refractivity contribution in [1.82, 2.24) is 0 Å². The Bertz CT molecular complexity index is 231. The molecular formula is C13H23NO2. The molecule has 1 aliphatic carbocycles. The predicted molar refractivity (Wildman–Crippen MR) is 64.6 cm³/mol. The number of terminal acetylenes is 1. The maximum Gasteiger partial charge on any atom is 0.0958 e. The monoisotopic (exact) mass is 225 g/mol. The highest BCUT2D eigenvalue weighted by atomic mass is 16.3. The minimum absolute atomic E-state index is 0.166. The summed E-state index contributed by atoms with van der Waals surface area (Å²) in [6, 6.07) is -0.355. The first kappa shape index (κ1) is 13.5. The van der Waals surface area contributed by atoms with Gasteiger partial charge in [0.15, 0.2) is 0 Å². The Kier molecular flexibility index (Phi) is 5.83. The van der Waals surface area contributed by atoms with E-state index in [1.54, 1.807) is 0 Å². The largest absolute Gasteiger partial charge is 0.389 e. The van der Waals surface area contributed by atoms with Crippen LogP contribution in [-0.2, 0) is 0 Å². The molecule has 1 fully saturated rings. The van der Waals surface area contributed by atoms with Gasteiger partial charge in [-0.3, -0.25) is 0 Å². The van der Waals surface area contributed by atoms with Crippen molar-refractivity contribution in [2.45, 2.75) is 63.2 Å². The maximum absolute atomic E-state index is 9.78. The summed E-state index contributed by atoms with van der Waals surface area (Å²) in [6.07, 6.45) is 10.5. The average molecular weight is 225 g/mol. The molecule has 0 aliphatic heterocycles. The number of aliphatic hydroxyl groups excluding tert-OH is 2. The highest BCUT2D eigenvalue weighted by Crippen LogP contribution is 2.27. The Labute approximate surface area is 98.0 Å². The highest BCUT2D eigenvalue weighted by molar-refractivity contribution is 4.92. The lowest BCUT2D eigenvalue weighted by Gasteiger charge is -2.28. The summed E-state index contributed by atoms with van der Waals surface area (Å²) in [7, 11) is 0. The van der Waals surface area contributed by atoms with Gasteiger partial charge in [0.2, 0.25) is 0 Å². The van der Waals surface area contributed by atoms with Crippen LogP contribution in [-0.4, -0.2) is 28.5 Å². The van der Waals surface area contributed by atoms with Crippen LogP contribution in [0.5, 0.6) is 0 Å². The molecule has 4 N–H and O–H groups in total. The van der Waals surface area contributed by atoms with Crippen LogP contribution >= 0.6 is 0 Å². The molecule has 0 saturated heterocycles. The Balaban J connectivity index is 2.32. The fourth-order valence-corrected chi connectivity index (χ4v) is 2.47. The van der Waals surface area contributed by atoms with Crippen molar-refractivity contribution in [3.8, 4) is 12.3 Å². The molecule has 3 nitrogen and oxygen atoms in total. The fraction of sp³-hybridized carbons (Fsp3) is 0.846. The standard InChI is InChI=1S/C13H23NO2/c1-2-6-12(15)13(16)11(14)9-10-7-4-3-5-8-10/h1,10-13,15-16H,3-9,14H2/t11-,12-,13?/m0/s1. The van der Waals surface area contributed by atoms with Crippen LogP contribution in [0.2, 0.25) is 0 Å². The quantitative estimate of drug-likeness (QED) is 0.612. The first-order valence-corrected chi connectivity index (χ1v) is 6.20. The van der Waals surface area contributed by atoms with Gasteiger partial charge in [-0.1, -0.05) is 32.1 Å². The average Bonchev–Trinajstić information content (AvgIpc) is 2.29. The van der Waals surface area contributed by atoms with Crippen LogP contribution in [0.25, 0.3) is 0 Å². The molecule has 1 unspecified atom stereocenters. The molecule has 3 atom stereocenters. The lowest BCUT2D eigenvalue weighted by Crippen LogP contribution is -2.44. The smallest absolute Gasteiger partial charge is 0.0958 e. The molecule has 0 aromatic rings. The number of hydrogen-bond acceptors (Lipinski definition) is 3. The van der Waals surface area contributed by atoms with Crippen molar-refractivity contribution in [1.29, 1.82) is 0 Å². The van der Waals surface area contributed by atoms with Crippen LogP contribution < -0.4 is 5.73 Å². The van der Waals surface area contributed by atoms with Gasteiger partial charge < -0.3 is 15.9 Å². The van der Waals surface area contributed by atoms with Gasteiger partial charge in [-0.2, -0.15) is 0 Å². The van der Waals surface area contributed by atoms with Gasteiger partial charge in [0, 0.05) is 12.5 Å². The topological polar surface area (TPSA) is 66.5 Å². The molecule has 16 heavy (non-hydrogen) atoms. The summed E-state index contributed by atoms with van der Waals surface area (Å²) < 4.78 is 0. The van der Waals surface area contributed by atoms with Crippen molar-refractivity contribution in [2.75, 3.05) is 0 Å². The maximum atomic E-state index is 9.78. The Morgan fingerprint density at radius 2 is 1.88 bits per heavy atom. The second-order valence-corrected chi connectivity index (χ2v) is 4.87. The molecule has 0 spiro atoms. The number of aliphatic hydroxyl groups is 2. The number of rotatable bonds is 5. The van der Waals surface area contributed by atoms with Crippen molar-refractivity contribution in [2.24, 2.45) is 11.7 Å². The first-order chi connectivity index (χ1) is 7.65. The van der Waals surface area contributed by atoms with Gasteiger partial charge in [-0.05, 0) is 12.3 Å². The Hall–Kier alpha value is -0.560. The second-order valence-electron chi connectivity index (χ2n) is 4.87. The van der Waals surface area contributed by atoms with Crippen molar-refractivity contribution in [3.05, 3.63) is 0 Å². The third-order valence-electron chi connectivity index (χ3n) is 3.49. The van der Waals surface area contributed by atoms with Gasteiger partial charge in [0.1, 0.15) is 0 Å². The minimum Gasteiger partial charge on any atom is -0.389 e. The summed E-state index contributed by atoms with van der Waals surface area (Å²) in [6.45, 7) is 0. The van der Waals surface area contributed by atoms with Crippen LogP contribution in [0.3, 0.4) is 0 Å². The summed E-state index contributed by atoms with van der Waals surface area (Å²) in [5.74, 6) is 2.95. The lowest BCUT2D eigenvalue weighted by molar-refractivity contribution is 0.00157. The Morgan fingerprint density at radius 1 is 1.25 bits per heavy atom. The molecule has 0 bridgehead atoms. The fourth-order valence-electron chi connectivity index (χ4n) is 2.47. The zero-order chi connectivity index (χ0) is 12.0. The van der Waals surface area contributed by atoms with E-state index < -0.39 is 12.2 Å². The summed E-state index contributed by atoms with van der Waals surface area (Å²) >= 11 is 0. The van der Waals surface area contributed by atoms with Crippen LogP contribution in [0, 0.1) is 18.3 Å². The summed E-state index contributed by atoms with van der Waals surface area (Å²) in [5.41, 5.74) is 5.90. The van der Waals surface area contributed by atoms with Crippen molar-refractivity contribution < 1.29 is 10.2 Å². The van der Waals surface area contributed by atoms with Gasteiger partial charge in [0.05, 0.1) is 12.2 Å². The van der Waals surface area contributed by atoms with Crippen LogP contribution in [0.1, 0.15) is 44.9 Å². The molecule has 1 saturated carbocycles. The molecule has 0 aromatic carbocycles. The highest BCUT2D eigenvalue weighted by Gasteiger charge is 2.26. The summed E-state index contributed by atoms with van der Waals surface area (Å²) in [5, 5.41) is 19.3. The zero-order valence-electron chi connectivity index (χ0n) is 9.81. The lowest BCUT2D eigenvalue weighted by atomic mass is 9.83. The second kappa shape index (κ2) is 6.90. The molecule has 92 valence electrons. The van der Waals surface area contributed by atoms with Gasteiger partial charge in [0.25, 0.3) is 0 Å². The van der Waals surface area contributed by atoms with E-state index >= 15 is 0 Å². The third-order valence-corrected chi connectivity index (χ3v) is 3.49. The predicted octanol–water partition coefficient (Wildman–Crippen LogP) is 1.03. The van der Waals surface area contributed by atoms with Gasteiger partial charge in [-0.15, -0.1) is 12.3 Å².